The van der Waals surface area contributed by atoms with Crippen LogP contribution in [0.4, 0.5) is 17.1 Å². The zero-order chi connectivity index (χ0) is 18.6. The van der Waals surface area contributed by atoms with E-state index >= 15 is 0 Å². The molecular formula is C14H11N5O6. The van der Waals surface area contributed by atoms with Crippen LogP contribution in [0.1, 0.15) is 17.3 Å². The van der Waals surface area contributed by atoms with Crippen LogP contribution in [0.2, 0.25) is 0 Å². The molecule has 0 radical (unpaired) electrons. The summed E-state index contributed by atoms with van der Waals surface area (Å²) in [6.07, 6.45) is -1.55. The molecule has 11 heteroatoms. The third-order valence-corrected chi connectivity index (χ3v) is 3.22. The number of nitrogens with zero attached hydrogens (tertiary/aromatic N) is 5. The molecule has 1 atom stereocenters. The van der Waals surface area contributed by atoms with Crippen LogP contribution < -0.4 is 0 Å². The predicted molar refractivity (Wildman–Crippen MR) is 85.2 cm³/mol. The van der Waals surface area contributed by atoms with Gasteiger partial charge in [-0.3, -0.25) is 30.3 Å². The molecule has 25 heavy (non-hydrogen) atoms. The molecule has 0 saturated heterocycles. The predicted octanol–water partition coefficient (Wildman–Crippen LogP) is 3.87. The number of non-ortho nitro benzene ring substituents is 1. The van der Waals surface area contributed by atoms with Crippen molar-refractivity contribution >= 4 is 17.1 Å². The first kappa shape index (κ1) is 17.6. The quantitative estimate of drug-likeness (QED) is 0.439. The normalized spacial score (nSPS) is 12.0. The molecule has 2 aromatic carbocycles. The summed E-state index contributed by atoms with van der Waals surface area (Å²) in [6.45, 7) is 1.81. The minimum atomic E-state index is -1.55. The van der Waals surface area contributed by atoms with Gasteiger partial charge in [0, 0.05) is 6.07 Å². The van der Waals surface area contributed by atoms with Crippen LogP contribution in [0.3, 0.4) is 0 Å². The van der Waals surface area contributed by atoms with Crippen molar-refractivity contribution < 1.29 is 14.8 Å². The molecule has 1 unspecified atom stereocenters. The van der Waals surface area contributed by atoms with Gasteiger partial charge in [-0.15, -0.1) is 10.2 Å². The number of rotatable bonds is 6. The van der Waals surface area contributed by atoms with Gasteiger partial charge in [0.15, 0.2) is 5.69 Å². The molecule has 2 aromatic rings. The van der Waals surface area contributed by atoms with Crippen LogP contribution in [0.5, 0.6) is 0 Å². The van der Waals surface area contributed by atoms with Crippen LogP contribution >= 0.6 is 0 Å². The number of aryl methyl sites for hydroxylation is 1. The maximum Gasteiger partial charge on any atom is 0.346 e. The van der Waals surface area contributed by atoms with Gasteiger partial charge in [0.1, 0.15) is 0 Å². The molecule has 0 fully saturated rings. The van der Waals surface area contributed by atoms with Gasteiger partial charge in [-0.25, -0.2) is 0 Å². The van der Waals surface area contributed by atoms with Gasteiger partial charge in [-0.05, 0) is 25.1 Å². The highest BCUT2D eigenvalue weighted by atomic mass is 16.6. The average molecular weight is 345 g/mol. The van der Waals surface area contributed by atoms with E-state index in [0.717, 1.165) is 23.8 Å². The van der Waals surface area contributed by atoms with Gasteiger partial charge < -0.3 is 0 Å². The average Bonchev–Trinajstić information content (AvgIpc) is 2.56. The largest absolute Gasteiger partial charge is 0.346 e. The summed E-state index contributed by atoms with van der Waals surface area (Å²) in [5, 5.41) is 40.1. The van der Waals surface area contributed by atoms with E-state index < -0.39 is 32.3 Å². The van der Waals surface area contributed by atoms with Gasteiger partial charge in [-0.2, -0.15) is 0 Å². The Bertz CT molecular complexity index is 865. The van der Waals surface area contributed by atoms with Gasteiger partial charge in [0.2, 0.25) is 0 Å². The smallest absolute Gasteiger partial charge is 0.262 e. The monoisotopic (exact) mass is 345 g/mol. The number of hydrogen-bond donors (Lipinski definition) is 0. The molecule has 0 amide bonds. The highest BCUT2D eigenvalue weighted by Crippen LogP contribution is 2.32. The molecule has 0 aromatic heterocycles. The lowest BCUT2D eigenvalue weighted by Gasteiger charge is -2.04. The minimum Gasteiger partial charge on any atom is -0.262 e. The Morgan fingerprint density at radius 1 is 0.920 bits per heavy atom. The number of benzene rings is 2. The minimum absolute atomic E-state index is 0.254. The molecule has 0 aliphatic rings. The fourth-order valence-electron chi connectivity index (χ4n) is 1.94. The Kier molecular flexibility index (Phi) is 5.07. The zero-order valence-corrected chi connectivity index (χ0v) is 12.8. The lowest BCUT2D eigenvalue weighted by molar-refractivity contribution is -0.528. The van der Waals surface area contributed by atoms with Crippen molar-refractivity contribution in [3.63, 3.8) is 0 Å². The third kappa shape index (κ3) is 4.16. The topological polar surface area (TPSA) is 154 Å². The maximum absolute atomic E-state index is 11.2. The van der Waals surface area contributed by atoms with Crippen LogP contribution in [-0.4, -0.2) is 14.8 Å². The first-order valence-corrected chi connectivity index (χ1v) is 6.83. The Labute approximate surface area is 140 Å². The number of hydrogen-bond acceptors (Lipinski definition) is 8. The molecule has 0 N–H and O–H groups in total. The lowest BCUT2D eigenvalue weighted by Crippen LogP contribution is -2.07. The molecule has 2 rings (SSSR count). The van der Waals surface area contributed by atoms with Gasteiger partial charge in [0.25, 0.3) is 5.69 Å². The van der Waals surface area contributed by atoms with Crippen molar-refractivity contribution in [1.82, 2.24) is 0 Å². The van der Waals surface area contributed by atoms with E-state index in [1.165, 1.54) is 12.1 Å². The maximum atomic E-state index is 11.2. The van der Waals surface area contributed by atoms with Gasteiger partial charge in [0.05, 0.1) is 26.4 Å². The van der Waals surface area contributed by atoms with Crippen molar-refractivity contribution in [3.8, 4) is 0 Å². The molecule has 0 heterocycles. The van der Waals surface area contributed by atoms with Gasteiger partial charge >= 0.3 is 11.9 Å². The zero-order valence-electron chi connectivity index (χ0n) is 12.8. The Morgan fingerprint density at radius 2 is 1.56 bits per heavy atom. The summed E-state index contributed by atoms with van der Waals surface area (Å²) in [5.41, 5.74) is -0.314. The van der Waals surface area contributed by atoms with E-state index in [-0.39, 0.29) is 11.3 Å². The second-order valence-corrected chi connectivity index (χ2v) is 4.97. The van der Waals surface area contributed by atoms with Crippen LogP contribution in [0.25, 0.3) is 0 Å². The molecule has 0 aliphatic carbocycles. The first-order chi connectivity index (χ1) is 11.8. The molecule has 0 spiro atoms. The molecule has 11 nitrogen and oxygen atoms in total. The van der Waals surface area contributed by atoms with Crippen molar-refractivity contribution in [2.24, 2.45) is 10.2 Å². The van der Waals surface area contributed by atoms with Crippen LogP contribution in [-0.2, 0) is 0 Å². The van der Waals surface area contributed by atoms with E-state index in [9.17, 15) is 30.3 Å². The molecule has 0 bridgehead atoms. The van der Waals surface area contributed by atoms with E-state index in [1.807, 2.05) is 6.92 Å². The van der Waals surface area contributed by atoms with Crippen molar-refractivity contribution in [1.29, 1.82) is 0 Å². The summed E-state index contributed by atoms with van der Waals surface area (Å²) in [4.78, 5) is 30.6. The van der Waals surface area contributed by atoms with E-state index in [1.54, 1.807) is 12.1 Å². The summed E-state index contributed by atoms with van der Waals surface area (Å²) in [7, 11) is 0. The second-order valence-electron chi connectivity index (χ2n) is 4.97. The van der Waals surface area contributed by atoms with E-state index in [0.29, 0.717) is 0 Å². The van der Waals surface area contributed by atoms with Crippen molar-refractivity contribution in [3.05, 3.63) is 83.9 Å². The Morgan fingerprint density at radius 3 is 2.08 bits per heavy atom. The number of nitro groups is 3. The van der Waals surface area contributed by atoms with Crippen LogP contribution in [0.15, 0.2) is 52.7 Å². The summed E-state index contributed by atoms with van der Waals surface area (Å²) >= 11 is 0. The fraction of sp³-hybridized carbons (Fsp3) is 0.143. The fourth-order valence-corrected chi connectivity index (χ4v) is 1.94. The van der Waals surface area contributed by atoms with E-state index in [4.69, 9.17) is 0 Å². The Balaban J connectivity index is 2.41. The highest BCUT2D eigenvalue weighted by Gasteiger charge is 2.24. The molecule has 0 saturated carbocycles. The highest BCUT2D eigenvalue weighted by molar-refractivity contribution is 5.61. The van der Waals surface area contributed by atoms with Crippen LogP contribution in [0, 0.1) is 37.3 Å². The standard InChI is InChI=1S/C14H11N5O6/c1-9-2-4-10(5-3-9)14(19(24)25)16-15-12-7-6-11(17(20)21)8-13(12)18(22)23/h2-8,14H,1H3. The van der Waals surface area contributed by atoms with E-state index in [2.05, 4.69) is 10.2 Å². The first-order valence-electron chi connectivity index (χ1n) is 6.83. The second kappa shape index (κ2) is 7.21. The third-order valence-electron chi connectivity index (χ3n) is 3.22. The SMILES string of the molecule is Cc1ccc(C(N=Nc2ccc([N+](=O)[O-])cc2[N+](=O)[O-])[N+](=O)[O-])cc1. The molecular weight excluding hydrogens is 334 g/mol. The number of azo groups is 1. The van der Waals surface area contributed by atoms with Gasteiger partial charge in [-0.1, -0.05) is 17.7 Å². The molecule has 0 aliphatic heterocycles. The summed E-state index contributed by atoms with van der Waals surface area (Å²) < 4.78 is 0. The van der Waals surface area contributed by atoms with Crippen molar-refractivity contribution in [2.75, 3.05) is 0 Å². The lowest BCUT2D eigenvalue weighted by atomic mass is 10.1. The number of nitro benzene ring substituents is 2. The summed E-state index contributed by atoms with van der Waals surface area (Å²) in [5.74, 6) is 0. The van der Waals surface area contributed by atoms with Crippen molar-refractivity contribution in [2.45, 2.75) is 13.1 Å². The summed E-state index contributed by atoms with van der Waals surface area (Å²) in [6, 6.07) is 9.09. The molecule has 128 valence electrons. The Hall–Kier alpha value is -3.76.